The molecule has 1 saturated heterocycles. The van der Waals surface area contributed by atoms with Gasteiger partial charge in [-0.15, -0.1) is 0 Å². The number of hydrogen-bond donors (Lipinski definition) is 1. The Balaban J connectivity index is 1.33. The number of ether oxygens (including phenoxy) is 1. The number of sulfonamides is 1. The number of rotatable bonds is 7. The molecule has 0 bridgehead atoms. The molecule has 1 N–H and O–H groups in total. The summed E-state index contributed by atoms with van der Waals surface area (Å²) in [4.78, 5) is 18.2. The minimum absolute atomic E-state index is 0.0215. The number of anilines is 1. The monoisotopic (exact) mass is 505 g/mol. The summed E-state index contributed by atoms with van der Waals surface area (Å²) in [6, 6.07) is 18.2. The molecule has 8 heteroatoms. The molecule has 2 aromatic carbocycles. The lowest BCUT2D eigenvalue weighted by Crippen LogP contribution is -2.33. The number of pyridine rings is 1. The highest BCUT2D eigenvalue weighted by Gasteiger charge is 2.51. The quantitative estimate of drug-likeness (QED) is 0.493. The van der Waals surface area contributed by atoms with Crippen LogP contribution in [0, 0.1) is 6.92 Å². The largest absolute Gasteiger partial charge is 0.496 e. The van der Waals surface area contributed by atoms with Gasteiger partial charge in [0.15, 0.2) is 0 Å². The fourth-order valence-electron chi connectivity index (χ4n) is 5.05. The maximum Gasteiger partial charge on any atom is 0.243 e. The molecule has 5 rings (SSSR count). The molecular weight excluding hydrogens is 474 g/mol. The topological polar surface area (TPSA) is 88.6 Å². The third-order valence-electron chi connectivity index (χ3n) is 7.37. The molecule has 0 spiro atoms. The van der Waals surface area contributed by atoms with Crippen molar-refractivity contribution in [2.75, 3.05) is 19.0 Å². The Morgan fingerprint density at radius 2 is 1.86 bits per heavy atom. The predicted octanol–water partition coefficient (Wildman–Crippen LogP) is 4.91. The van der Waals surface area contributed by atoms with E-state index in [1.165, 1.54) is 0 Å². The van der Waals surface area contributed by atoms with E-state index in [2.05, 4.69) is 10.3 Å². The van der Waals surface area contributed by atoms with Gasteiger partial charge in [-0.3, -0.25) is 4.79 Å². The summed E-state index contributed by atoms with van der Waals surface area (Å²) in [6.07, 6.45) is 3.35. The highest BCUT2D eigenvalue weighted by Crippen LogP contribution is 2.49. The Morgan fingerprint density at radius 3 is 2.47 bits per heavy atom. The van der Waals surface area contributed by atoms with Crippen molar-refractivity contribution in [2.45, 2.75) is 55.9 Å². The standard InChI is InChI=1S/C28H31N3O4S/c1-19-18-22(11-14-25(19)35-3)28(15-16-28)27(32)30-26-8-4-7-24(29-26)21-9-12-23(13-10-21)36(33,34)31-17-5-6-20(31)2/h4,7-14,18,20H,5-6,15-17H2,1-3H3,(H,29,30,32)/t20-/m0/s1. The van der Waals surface area contributed by atoms with Crippen molar-refractivity contribution in [2.24, 2.45) is 0 Å². The summed E-state index contributed by atoms with van der Waals surface area (Å²) in [7, 11) is -1.87. The summed E-state index contributed by atoms with van der Waals surface area (Å²) < 4.78 is 32.9. The number of hydrogen-bond acceptors (Lipinski definition) is 5. The van der Waals surface area contributed by atoms with Crippen molar-refractivity contribution in [3.8, 4) is 17.0 Å². The Bertz CT molecular complexity index is 1400. The van der Waals surface area contributed by atoms with Crippen molar-refractivity contribution in [3.63, 3.8) is 0 Å². The number of methoxy groups -OCH3 is 1. The molecule has 1 amide bonds. The maximum absolute atomic E-state index is 13.3. The van der Waals surface area contributed by atoms with E-state index < -0.39 is 15.4 Å². The average molecular weight is 506 g/mol. The lowest BCUT2D eigenvalue weighted by atomic mass is 9.93. The van der Waals surface area contributed by atoms with Crippen LogP contribution in [0.25, 0.3) is 11.3 Å². The summed E-state index contributed by atoms with van der Waals surface area (Å²) in [5.74, 6) is 1.20. The van der Waals surface area contributed by atoms with E-state index >= 15 is 0 Å². The van der Waals surface area contributed by atoms with Gasteiger partial charge < -0.3 is 10.1 Å². The second-order valence-corrected chi connectivity index (χ2v) is 11.7. The van der Waals surface area contributed by atoms with E-state index in [-0.39, 0.29) is 16.8 Å². The molecule has 1 aliphatic carbocycles. The van der Waals surface area contributed by atoms with Crippen LogP contribution in [0.5, 0.6) is 5.75 Å². The van der Waals surface area contributed by atoms with Crippen molar-refractivity contribution in [1.29, 1.82) is 0 Å². The molecule has 2 heterocycles. The smallest absolute Gasteiger partial charge is 0.243 e. The van der Waals surface area contributed by atoms with E-state index in [0.29, 0.717) is 18.1 Å². The van der Waals surface area contributed by atoms with Crippen molar-refractivity contribution in [1.82, 2.24) is 9.29 Å². The number of aryl methyl sites for hydroxylation is 1. The number of carbonyl (C=O) groups is 1. The zero-order valence-corrected chi connectivity index (χ0v) is 21.6. The molecule has 3 aromatic rings. The van der Waals surface area contributed by atoms with Crippen LogP contribution in [0.1, 0.15) is 43.7 Å². The molecule has 36 heavy (non-hydrogen) atoms. The first-order chi connectivity index (χ1) is 17.2. The first kappa shape index (κ1) is 24.5. The number of nitrogens with zero attached hydrogens (tertiary/aromatic N) is 2. The average Bonchev–Trinajstić information content (AvgIpc) is 3.58. The third-order valence-corrected chi connectivity index (χ3v) is 9.40. The maximum atomic E-state index is 13.3. The number of nitrogens with one attached hydrogen (secondary N) is 1. The van der Waals surface area contributed by atoms with Gasteiger partial charge in [0, 0.05) is 18.2 Å². The Morgan fingerprint density at radius 1 is 1.11 bits per heavy atom. The predicted molar refractivity (Wildman–Crippen MR) is 140 cm³/mol. The number of benzene rings is 2. The SMILES string of the molecule is COc1ccc(C2(C(=O)Nc3cccc(-c4ccc(S(=O)(=O)N5CCC[C@@H]5C)cc4)n3)CC2)cc1C. The van der Waals surface area contributed by atoms with Crippen molar-refractivity contribution < 1.29 is 17.9 Å². The Kier molecular flexibility index (Phi) is 6.34. The molecule has 1 atom stereocenters. The van der Waals surface area contributed by atoms with Crippen molar-refractivity contribution >= 4 is 21.7 Å². The summed E-state index contributed by atoms with van der Waals surface area (Å²) in [5.41, 5.74) is 2.89. The van der Waals surface area contributed by atoms with Gasteiger partial charge in [-0.2, -0.15) is 4.31 Å². The molecule has 1 saturated carbocycles. The lowest BCUT2D eigenvalue weighted by Gasteiger charge is -2.21. The van der Waals surface area contributed by atoms with Crippen LogP contribution < -0.4 is 10.1 Å². The van der Waals surface area contributed by atoms with Gasteiger partial charge in [-0.25, -0.2) is 13.4 Å². The van der Waals surface area contributed by atoms with Crippen LogP contribution in [-0.4, -0.2) is 43.3 Å². The van der Waals surface area contributed by atoms with Gasteiger partial charge in [-0.1, -0.05) is 30.3 Å². The van der Waals surface area contributed by atoms with Gasteiger partial charge in [0.25, 0.3) is 0 Å². The van der Waals surface area contributed by atoms with Gasteiger partial charge in [0.05, 0.1) is 23.1 Å². The fraction of sp³-hybridized carbons (Fsp3) is 0.357. The number of aromatic nitrogens is 1. The number of amides is 1. The van der Waals surface area contributed by atoms with E-state index in [0.717, 1.165) is 48.1 Å². The van der Waals surface area contributed by atoms with Crippen LogP contribution in [0.15, 0.2) is 65.6 Å². The van der Waals surface area contributed by atoms with E-state index in [1.54, 1.807) is 41.7 Å². The van der Waals surface area contributed by atoms with Gasteiger partial charge in [0.1, 0.15) is 11.6 Å². The van der Waals surface area contributed by atoms with Crippen LogP contribution in [-0.2, 0) is 20.2 Å². The second kappa shape index (κ2) is 9.33. The fourth-order valence-corrected chi connectivity index (χ4v) is 6.75. The summed E-state index contributed by atoms with van der Waals surface area (Å²) >= 11 is 0. The molecule has 188 valence electrons. The molecule has 7 nitrogen and oxygen atoms in total. The first-order valence-electron chi connectivity index (χ1n) is 12.3. The third kappa shape index (κ3) is 4.40. The van der Waals surface area contributed by atoms with Crippen LogP contribution in [0.2, 0.25) is 0 Å². The van der Waals surface area contributed by atoms with Gasteiger partial charge in [0.2, 0.25) is 15.9 Å². The highest BCUT2D eigenvalue weighted by atomic mass is 32.2. The molecule has 1 aliphatic heterocycles. The molecule has 0 unspecified atom stereocenters. The Labute approximate surface area is 212 Å². The molecule has 0 radical (unpaired) electrons. The minimum Gasteiger partial charge on any atom is -0.496 e. The van der Waals surface area contributed by atoms with Crippen molar-refractivity contribution in [3.05, 3.63) is 71.8 Å². The summed E-state index contributed by atoms with van der Waals surface area (Å²) in [6.45, 7) is 4.49. The number of carbonyl (C=O) groups excluding carboxylic acids is 1. The molecular formula is C28H31N3O4S. The van der Waals surface area contributed by atoms with E-state index in [1.807, 2.05) is 44.2 Å². The molecule has 2 aliphatic rings. The van der Waals surface area contributed by atoms with Gasteiger partial charge in [-0.05, 0) is 81.0 Å². The molecule has 2 fully saturated rings. The molecule has 1 aromatic heterocycles. The highest BCUT2D eigenvalue weighted by molar-refractivity contribution is 7.89. The zero-order valence-electron chi connectivity index (χ0n) is 20.8. The van der Waals surface area contributed by atoms with E-state index in [9.17, 15) is 13.2 Å². The lowest BCUT2D eigenvalue weighted by molar-refractivity contribution is -0.118. The first-order valence-corrected chi connectivity index (χ1v) is 13.7. The second-order valence-electron chi connectivity index (χ2n) is 9.76. The normalized spacial score (nSPS) is 19.1. The summed E-state index contributed by atoms with van der Waals surface area (Å²) in [5, 5.41) is 3.00. The van der Waals surface area contributed by atoms with Crippen LogP contribution in [0.4, 0.5) is 5.82 Å². The minimum atomic E-state index is -3.51. The van der Waals surface area contributed by atoms with Gasteiger partial charge >= 0.3 is 0 Å². The van der Waals surface area contributed by atoms with Crippen LogP contribution in [0.3, 0.4) is 0 Å². The van der Waals surface area contributed by atoms with Crippen LogP contribution >= 0.6 is 0 Å². The Hall–Kier alpha value is -3.23. The zero-order chi connectivity index (χ0) is 25.5. The van der Waals surface area contributed by atoms with E-state index in [4.69, 9.17) is 4.74 Å².